The van der Waals surface area contributed by atoms with Crippen LogP contribution in [0.25, 0.3) is 0 Å². The monoisotopic (exact) mass is 182 g/mol. The van der Waals surface area contributed by atoms with Crippen molar-refractivity contribution in [2.75, 3.05) is 19.6 Å². The van der Waals surface area contributed by atoms with Gasteiger partial charge < -0.3 is 16.4 Å². The molecule has 0 aromatic carbocycles. The van der Waals surface area contributed by atoms with Crippen LogP contribution in [0.4, 0.5) is 0 Å². The number of aliphatic imine (C=N–C) groups is 1. The molecule has 0 radical (unpaired) electrons. The van der Waals surface area contributed by atoms with Gasteiger partial charge in [0.2, 0.25) is 0 Å². The van der Waals surface area contributed by atoms with Crippen molar-refractivity contribution >= 4 is 5.96 Å². The highest BCUT2D eigenvalue weighted by Gasteiger charge is 2.31. The molecule has 0 amide bonds. The summed E-state index contributed by atoms with van der Waals surface area (Å²) in [5.74, 6) is 0.952. The van der Waals surface area contributed by atoms with E-state index in [1.807, 2.05) is 0 Å². The van der Waals surface area contributed by atoms with E-state index >= 15 is 0 Å². The zero-order valence-electron chi connectivity index (χ0n) is 7.95. The number of nitrogens with zero attached hydrogens (tertiary/aromatic N) is 2. The Hall–Kier alpha value is -0.770. The molecular formula is C9H18N4. The number of fused-ring (bicyclic) bond motifs is 2. The van der Waals surface area contributed by atoms with E-state index in [2.05, 4.69) is 9.89 Å². The normalized spacial score (nSPS) is 38.3. The van der Waals surface area contributed by atoms with Crippen molar-refractivity contribution in [2.24, 2.45) is 22.4 Å². The Bertz CT molecular complexity index is 210. The minimum atomic E-state index is 0.254. The van der Waals surface area contributed by atoms with E-state index in [9.17, 15) is 0 Å². The molecule has 3 atom stereocenters. The van der Waals surface area contributed by atoms with Crippen molar-refractivity contribution in [3.8, 4) is 0 Å². The molecule has 0 aromatic heterocycles. The molecule has 13 heavy (non-hydrogen) atoms. The molecule has 74 valence electrons. The molecular weight excluding hydrogens is 164 g/mol. The largest absolute Gasteiger partial charge is 0.370 e. The minimum absolute atomic E-state index is 0.254. The van der Waals surface area contributed by atoms with Crippen molar-refractivity contribution in [3.63, 3.8) is 0 Å². The quantitative estimate of drug-likeness (QED) is 0.434. The van der Waals surface area contributed by atoms with Crippen LogP contribution in [0.1, 0.15) is 19.3 Å². The number of guanidine groups is 1. The van der Waals surface area contributed by atoms with E-state index in [0.29, 0.717) is 12.0 Å². The summed E-state index contributed by atoms with van der Waals surface area (Å²) in [4.78, 5) is 6.82. The third-order valence-corrected chi connectivity index (χ3v) is 3.14. The van der Waals surface area contributed by atoms with E-state index in [0.717, 1.165) is 13.0 Å². The fourth-order valence-corrected chi connectivity index (χ4v) is 2.52. The number of piperidine rings is 2. The molecule has 2 aliphatic rings. The van der Waals surface area contributed by atoms with Crippen LogP contribution in [-0.2, 0) is 0 Å². The fourth-order valence-electron chi connectivity index (χ4n) is 2.52. The van der Waals surface area contributed by atoms with Crippen molar-refractivity contribution in [1.82, 2.24) is 4.90 Å². The predicted octanol–water partition coefficient (Wildman–Crippen LogP) is -0.256. The highest BCUT2D eigenvalue weighted by Crippen LogP contribution is 2.28. The predicted molar refractivity (Wildman–Crippen MR) is 53.4 cm³/mol. The van der Waals surface area contributed by atoms with Crippen LogP contribution in [0, 0.1) is 5.92 Å². The van der Waals surface area contributed by atoms with Crippen molar-refractivity contribution in [3.05, 3.63) is 0 Å². The second-order valence-corrected chi connectivity index (χ2v) is 4.11. The van der Waals surface area contributed by atoms with Gasteiger partial charge in [0, 0.05) is 13.1 Å². The van der Waals surface area contributed by atoms with Gasteiger partial charge in [-0.25, -0.2) is 4.99 Å². The Labute approximate surface area is 79.0 Å². The van der Waals surface area contributed by atoms with Crippen molar-refractivity contribution in [1.29, 1.82) is 0 Å². The van der Waals surface area contributed by atoms with Crippen molar-refractivity contribution in [2.45, 2.75) is 25.3 Å². The Morgan fingerprint density at radius 2 is 2.08 bits per heavy atom. The maximum absolute atomic E-state index is 5.41. The molecule has 3 unspecified atom stereocenters. The number of nitrogens with two attached hydrogens (primary N) is 2. The van der Waals surface area contributed by atoms with Crippen LogP contribution in [-0.4, -0.2) is 36.5 Å². The Balaban J connectivity index is 2.01. The summed E-state index contributed by atoms with van der Waals surface area (Å²) in [7, 11) is 0. The van der Waals surface area contributed by atoms with Crippen molar-refractivity contribution < 1.29 is 0 Å². The topological polar surface area (TPSA) is 67.6 Å². The zero-order valence-corrected chi connectivity index (χ0v) is 7.95. The molecule has 4 N–H and O–H groups in total. The van der Waals surface area contributed by atoms with E-state index < -0.39 is 0 Å². The van der Waals surface area contributed by atoms with Gasteiger partial charge in [-0.2, -0.15) is 0 Å². The first-order valence-corrected chi connectivity index (χ1v) is 5.07. The Kier molecular flexibility index (Phi) is 2.40. The fraction of sp³-hybridized carbons (Fsp3) is 0.889. The maximum Gasteiger partial charge on any atom is 0.186 e. The molecule has 0 aromatic rings. The summed E-state index contributed by atoms with van der Waals surface area (Å²) in [6, 6.07) is 0.390. The van der Waals surface area contributed by atoms with Gasteiger partial charge in [0.15, 0.2) is 5.96 Å². The lowest BCUT2D eigenvalue weighted by Gasteiger charge is -2.40. The van der Waals surface area contributed by atoms with Crippen LogP contribution >= 0.6 is 0 Å². The van der Waals surface area contributed by atoms with E-state index in [1.54, 1.807) is 0 Å². The Morgan fingerprint density at radius 3 is 2.85 bits per heavy atom. The molecule has 2 aliphatic heterocycles. The van der Waals surface area contributed by atoms with Gasteiger partial charge in [0.05, 0.1) is 6.04 Å². The molecule has 2 rings (SSSR count). The SMILES string of the molecule is NC(N)=NC1CCN2CCCC1C2. The average molecular weight is 182 g/mol. The van der Waals surface area contributed by atoms with Gasteiger partial charge >= 0.3 is 0 Å². The van der Waals surface area contributed by atoms with Gasteiger partial charge in [0.1, 0.15) is 0 Å². The molecule has 2 heterocycles. The van der Waals surface area contributed by atoms with Gasteiger partial charge in [-0.3, -0.25) is 0 Å². The lowest BCUT2D eigenvalue weighted by atomic mass is 9.85. The third-order valence-electron chi connectivity index (χ3n) is 3.14. The lowest BCUT2D eigenvalue weighted by molar-refractivity contribution is 0.107. The zero-order chi connectivity index (χ0) is 9.26. The molecule has 2 fully saturated rings. The minimum Gasteiger partial charge on any atom is -0.370 e. The van der Waals surface area contributed by atoms with Crippen LogP contribution in [0.5, 0.6) is 0 Å². The Morgan fingerprint density at radius 1 is 1.23 bits per heavy atom. The number of rotatable bonds is 1. The molecule has 0 spiro atoms. The third kappa shape index (κ3) is 1.94. The van der Waals surface area contributed by atoms with Gasteiger partial charge in [-0.05, 0) is 31.7 Å². The number of hydrogen-bond acceptors (Lipinski definition) is 2. The highest BCUT2D eigenvalue weighted by molar-refractivity contribution is 5.75. The first-order valence-electron chi connectivity index (χ1n) is 5.07. The molecule has 0 saturated carbocycles. The highest BCUT2D eigenvalue weighted by atomic mass is 15.2. The van der Waals surface area contributed by atoms with Crippen LogP contribution in [0.2, 0.25) is 0 Å². The second-order valence-electron chi connectivity index (χ2n) is 4.11. The smallest absolute Gasteiger partial charge is 0.186 e. The molecule has 2 bridgehead atoms. The van der Waals surface area contributed by atoms with E-state index in [4.69, 9.17) is 11.5 Å². The van der Waals surface area contributed by atoms with Gasteiger partial charge in [-0.15, -0.1) is 0 Å². The van der Waals surface area contributed by atoms with Crippen LogP contribution < -0.4 is 11.5 Å². The maximum atomic E-state index is 5.41. The summed E-state index contributed by atoms with van der Waals surface area (Å²) in [6.07, 6.45) is 3.72. The summed E-state index contributed by atoms with van der Waals surface area (Å²) in [6.45, 7) is 3.63. The summed E-state index contributed by atoms with van der Waals surface area (Å²) in [5, 5.41) is 0. The van der Waals surface area contributed by atoms with Gasteiger partial charge in [-0.1, -0.05) is 0 Å². The first-order chi connectivity index (χ1) is 6.25. The van der Waals surface area contributed by atoms with Crippen LogP contribution in [0.15, 0.2) is 4.99 Å². The molecule has 4 heteroatoms. The average Bonchev–Trinajstić information content (AvgIpc) is 2.10. The van der Waals surface area contributed by atoms with E-state index in [-0.39, 0.29) is 5.96 Å². The van der Waals surface area contributed by atoms with E-state index in [1.165, 1.54) is 25.9 Å². The standard InChI is InChI=1S/C9H18N4/c10-9(11)12-8-3-5-13-4-1-2-7(8)6-13/h7-8H,1-6H2,(H4,10,11,12). The summed E-state index contributed by atoms with van der Waals surface area (Å²) in [5.41, 5.74) is 10.8. The van der Waals surface area contributed by atoms with Crippen LogP contribution in [0.3, 0.4) is 0 Å². The summed E-state index contributed by atoms with van der Waals surface area (Å²) < 4.78 is 0. The molecule has 4 nitrogen and oxygen atoms in total. The molecule has 2 saturated heterocycles. The van der Waals surface area contributed by atoms with Gasteiger partial charge in [0.25, 0.3) is 0 Å². The first kappa shape index (κ1) is 8.81. The molecule has 0 aliphatic carbocycles. The lowest BCUT2D eigenvalue weighted by Crippen LogP contribution is -2.47. The summed E-state index contributed by atoms with van der Waals surface area (Å²) >= 11 is 0. The number of hydrogen-bond donors (Lipinski definition) is 2. The second kappa shape index (κ2) is 3.54.